The Morgan fingerprint density at radius 1 is 1.22 bits per heavy atom. The van der Waals surface area contributed by atoms with Crippen LogP contribution in [0.25, 0.3) is 0 Å². The van der Waals surface area contributed by atoms with Gasteiger partial charge in [0.05, 0.1) is 23.7 Å². The molecule has 2 atom stereocenters. The second-order valence-electron chi connectivity index (χ2n) is 10.4. The van der Waals surface area contributed by atoms with Crippen LogP contribution in [0, 0.1) is 61.2 Å². The van der Waals surface area contributed by atoms with Crippen LogP contribution in [0.3, 0.4) is 0 Å². The van der Waals surface area contributed by atoms with Gasteiger partial charge >= 0.3 is 0 Å². The van der Waals surface area contributed by atoms with Crippen molar-refractivity contribution < 1.29 is 41.0 Å². The van der Waals surface area contributed by atoms with Crippen molar-refractivity contribution in [2.45, 2.75) is 71.8 Å². The number of hydrogen-bond acceptors (Lipinski definition) is 6. The quantitative estimate of drug-likeness (QED) is 0.247. The number of aliphatic hydroxyl groups is 1. The maximum atomic E-state index is 11.8. The van der Waals surface area contributed by atoms with Crippen molar-refractivity contribution in [1.29, 1.82) is 5.26 Å². The van der Waals surface area contributed by atoms with Crippen molar-refractivity contribution in [1.82, 2.24) is 9.97 Å². The Morgan fingerprint density at radius 3 is 2.54 bits per heavy atom. The topological polar surface area (TPSA) is 93.3 Å². The largest absolute Gasteiger partial charge is 0.461 e. The number of allylic oxidation sites excluding steroid dienone is 1. The zero-order chi connectivity index (χ0) is 26.1. The number of aromatic nitrogens is 2. The van der Waals surface area contributed by atoms with Gasteiger partial charge in [-0.2, -0.15) is 5.26 Å². The van der Waals surface area contributed by atoms with Crippen LogP contribution in [0.4, 0.5) is 11.5 Å². The van der Waals surface area contributed by atoms with E-state index in [1.165, 1.54) is 17.3 Å². The molecule has 2 aromatic rings. The minimum absolute atomic E-state index is 0. The van der Waals surface area contributed by atoms with E-state index >= 15 is 0 Å². The van der Waals surface area contributed by atoms with Gasteiger partial charge in [0, 0.05) is 61.6 Å². The zero-order valence-corrected chi connectivity index (χ0v) is 26.6. The summed E-state index contributed by atoms with van der Waals surface area (Å²) in [6, 6.07) is 8.12. The van der Waals surface area contributed by atoms with Gasteiger partial charge in [-0.25, -0.2) is 0 Å². The van der Waals surface area contributed by atoms with Gasteiger partial charge in [-0.05, 0) is 88.7 Å². The van der Waals surface area contributed by atoms with Crippen LogP contribution in [0.2, 0.25) is 0 Å². The number of nitriles is 1. The number of amides is 1. The van der Waals surface area contributed by atoms with E-state index in [4.69, 9.17) is 0 Å². The third-order valence-corrected chi connectivity index (χ3v) is 6.83. The fraction of sp³-hybridized carbons (Fsp3) is 0.517. The molecule has 0 bridgehead atoms. The summed E-state index contributed by atoms with van der Waals surface area (Å²) in [6.07, 6.45) is 15.8. The summed E-state index contributed by atoms with van der Waals surface area (Å²) >= 11 is 0. The van der Waals surface area contributed by atoms with E-state index in [2.05, 4.69) is 47.1 Å². The number of unbranched alkanes of at least 4 members (excludes halogenated alkanes) is 1. The van der Waals surface area contributed by atoms with Gasteiger partial charge in [-0.3, -0.25) is 4.98 Å². The first-order chi connectivity index (χ1) is 17.2. The van der Waals surface area contributed by atoms with Gasteiger partial charge < -0.3 is 24.7 Å². The van der Waals surface area contributed by atoms with Crippen LogP contribution in [0.15, 0.2) is 42.9 Å². The molecule has 0 aliphatic heterocycles. The molecule has 7 nitrogen and oxygen atoms in total. The van der Waals surface area contributed by atoms with Crippen LogP contribution >= 0.6 is 0 Å². The minimum Gasteiger partial charge on any atom is -0.461 e. The standard InChI is InChI=1S/C29H38N5O2.U/c1-5-6-7-13-33(26-15-23(16-30)12-11-22(26)2)19-24-9-8-10-25(14-24)20-34(21-35)28-18-31-27(17-32-28)29(3,4)36;/h7,11-13,15,17-18,24-25,36H,5-6,8-10,14,19-20H2,1-4H3;/q-1;/b13-7+;. The van der Waals surface area contributed by atoms with Crippen molar-refractivity contribution >= 4 is 17.9 Å². The Balaban J connectivity index is 0.00000481. The van der Waals surface area contributed by atoms with E-state index in [0.717, 1.165) is 56.3 Å². The third-order valence-electron chi connectivity index (χ3n) is 6.83. The Kier molecular flexibility index (Phi) is 12.3. The van der Waals surface area contributed by atoms with Crippen molar-refractivity contribution in [3.63, 3.8) is 0 Å². The first-order valence-corrected chi connectivity index (χ1v) is 12.9. The molecule has 1 aliphatic rings. The van der Waals surface area contributed by atoms with E-state index in [0.29, 0.717) is 35.5 Å². The average molecular weight is 727 g/mol. The van der Waals surface area contributed by atoms with Crippen molar-refractivity contribution in [2.75, 3.05) is 22.9 Å². The summed E-state index contributed by atoms with van der Waals surface area (Å²) in [5.74, 6) is 1.26. The SMILES string of the molecule is CCC/C=C/N(CC1CCCC(CN([C-]=O)c2cnc(C(C)(C)O)cn2)C1)c1cc(C#N)ccc1C.[U]. The van der Waals surface area contributed by atoms with Gasteiger partial charge in [0.2, 0.25) is 0 Å². The number of anilines is 2. The van der Waals surface area contributed by atoms with Crippen molar-refractivity contribution in [2.24, 2.45) is 11.8 Å². The molecular formula is C29H38N5O2U-. The molecule has 1 aliphatic carbocycles. The van der Waals surface area contributed by atoms with Crippen LogP contribution in [0.5, 0.6) is 0 Å². The number of rotatable bonds is 11. The van der Waals surface area contributed by atoms with Crippen molar-refractivity contribution in [3.8, 4) is 6.07 Å². The predicted molar refractivity (Wildman–Crippen MR) is 143 cm³/mol. The van der Waals surface area contributed by atoms with E-state index in [1.807, 2.05) is 24.6 Å². The van der Waals surface area contributed by atoms with E-state index in [9.17, 15) is 15.2 Å². The smallest absolute Gasteiger partial charge is 0.102 e. The molecule has 196 valence electrons. The molecule has 1 amide bonds. The molecule has 0 saturated heterocycles. The predicted octanol–water partition coefficient (Wildman–Crippen LogP) is 5.38. The zero-order valence-electron chi connectivity index (χ0n) is 22.4. The van der Waals surface area contributed by atoms with Gasteiger partial charge in [0.15, 0.2) is 0 Å². The third kappa shape index (κ3) is 8.96. The van der Waals surface area contributed by atoms with Gasteiger partial charge in [0.1, 0.15) is 5.60 Å². The summed E-state index contributed by atoms with van der Waals surface area (Å²) in [7, 11) is 0. The fourth-order valence-corrected chi connectivity index (χ4v) is 4.82. The van der Waals surface area contributed by atoms with Crippen LogP contribution < -0.4 is 9.80 Å². The Morgan fingerprint density at radius 2 is 1.95 bits per heavy atom. The molecule has 0 radical (unpaired) electrons. The number of carbonyl (C=O) groups excluding carboxylic acids is 1. The second-order valence-corrected chi connectivity index (χ2v) is 10.4. The van der Waals surface area contributed by atoms with E-state index < -0.39 is 5.60 Å². The van der Waals surface area contributed by atoms with Gasteiger partial charge in [0.25, 0.3) is 0 Å². The van der Waals surface area contributed by atoms with Crippen molar-refractivity contribution in [3.05, 3.63) is 59.7 Å². The number of nitrogens with zero attached hydrogens (tertiary/aromatic N) is 5. The van der Waals surface area contributed by atoms with Gasteiger partial charge in [-0.15, -0.1) is 0 Å². The first-order valence-electron chi connectivity index (χ1n) is 12.9. The molecule has 37 heavy (non-hydrogen) atoms. The maximum absolute atomic E-state index is 11.8. The number of aryl methyl sites for hydroxylation is 1. The molecule has 1 saturated carbocycles. The molecule has 1 aromatic carbocycles. The van der Waals surface area contributed by atoms with E-state index in [-0.39, 0.29) is 31.1 Å². The van der Waals surface area contributed by atoms with Crippen LogP contribution in [-0.4, -0.2) is 34.6 Å². The second kappa shape index (κ2) is 14.7. The average Bonchev–Trinajstić information content (AvgIpc) is 2.87. The summed E-state index contributed by atoms with van der Waals surface area (Å²) in [5, 5.41) is 19.5. The summed E-state index contributed by atoms with van der Waals surface area (Å²) in [4.78, 5) is 24.2. The molecule has 3 rings (SSSR count). The number of hydrogen-bond donors (Lipinski definition) is 1. The summed E-state index contributed by atoms with van der Waals surface area (Å²) in [5.41, 5.74) is 2.27. The molecule has 1 N–H and O–H groups in total. The van der Waals surface area contributed by atoms with Gasteiger partial charge in [-0.1, -0.05) is 31.9 Å². The molecule has 1 aromatic heterocycles. The molecular weight excluding hydrogens is 688 g/mol. The molecule has 8 heteroatoms. The Hall–Kier alpha value is -2.19. The number of benzene rings is 1. The summed E-state index contributed by atoms with van der Waals surface area (Å²) < 4.78 is 0. The van der Waals surface area contributed by atoms with E-state index in [1.54, 1.807) is 13.8 Å². The summed E-state index contributed by atoms with van der Waals surface area (Å²) in [6.45, 7) is 8.98. The molecule has 1 heterocycles. The first kappa shape index (κ1) is 31.0. The Labute approximate surface area is 245 Å². The van der Waals surface area contributed by atoms with Crippen LogP contribution in [0.1, 0.15) is 76.1 Å². The molecule has 0 spiro atoms. The van der Waals surface area contributed by atoms with Crippen LogP contribution in [-0.2, 0) is 10.4 Å². The molecule has 2 unspecified atom stereocenters. The molecule has 1 fully saturated rings. The normalized spacial score (nSPS) is 17.6. The fourth-order valence-electron chi connectivity index (χ4n) is 4.82. The monoisotopic (exact) mass is 726 g/mol. The minimum atomic E-state index is -1.08. The maximum Gasteiger partial charge on any atom is 0.102 e. The Bertz CT molecular complexity index is 1080.